The quantitative estimate of drug-likeness (QED) is 0.0535. The Morgan fingerprint density at radius 2 is 1.56 bits per heavy atom. The number of halogens is 5. The zero-order valence-electron chi connectivity index (χ0n) is 32.9. The van der Waals surface area contributed by atoms with Crippen molar-refractivity contribution in [3.8, 4) is 5.75 Å². The number of nitrogens with one attached hydrogen (secondary N) is 1. The molecule has 2 fully saturated rings. The van der Waals surface area contributed by atoms with Crippen molar-refractivity contribution in [2.24, 2.45) is 23.2 Å². The second kappa shape index (κ2) is 18.0. The number of alkyl carbamates (subject to hydrolysis) is 1. The van der Waals surface area contributed by atoms with Crippen LogP contribution in [0.2, 0.25) is 0 Å². The van der Waals surface area contributed by atoms with E-state index in [0.29, 0.717) is 41.6 Å². The first-order chi connectivity index (χ1) is 25.0. The van der Waals surface area contributed by atoms with E-state index >= 15 is 0 Å². The maximum absolute atomic E-state index is 13.2. The van der Waals surface area contributed by atoms with Gasteiger partial charge in [-0.15, -0.1) is 0 Å². The number of ether oxygens (including phenoxy) is 2. The molecule has 7 unspecified atom stereocenters. The zero-order valence-corrected chi connectivity index (χ0v) is 33.7. The number of alkyl halides is 5. The van der Waals surface area contributed by atoms with E-state index in [0.717, 1.165) is 77.0 Å². The summed E-state index contributed by atoms with van der Waals surface area (Å²) in [4.78, 5) is 25.6. The Morgan fingerprint density at radius 1 is 0.926 bits per heavy atom. The molecule has 0 aliphatic heterocycles. The lowest BCUT2D eigenvalue weighted by molar-refractivity contribution is -0.284. The molecule has 1 aromatic rings. The molecule has 0 radical (unpaired) electrons. The van der Waals surface area contributed by atoms with Crippen molar-refractivity contribution in [1.29, 1.82) is 0 Å². The molecule has 54 heavy (non-hydrogen) atoms. The highest BCUT2D eigenvalue weighted by molar-refractivity contribution is 7.91. The molecule has 13 heteroatoms. The highest BCUT2D eigenvalue weighted by Crippen LogP contribution is 2.62. The molecule has 308 valence electrons. The van der Waals surface area contributed by atoms with Gasteiger partial charge in [-0.25, -0.2) is 9.59 Å². The molecule has 2 N–H and O–H groups in total. The smallest absolute Gasteiger partial charge is 0.453 e. The van der Waals surface area contributed by atoms with E-state index in [-0.39, 0.29) is 17.3 Å². The summed E-state index contributed by atoms with van der Waals surface area (Å²) >= 11 is -1.40. The molecule has 7 atom stereocenters. The minimum atomic E-state index is -5.57. The molecule has 1 amide bonds. The average molecular weight is 792 g/mol. The molecule has 2 saturated carbocycles. The number of carbonyl (C=O) groups excluding carboxylic acids is 2. The van der Waals surface area contributed by atoms with Crippen LogP contribution in [0.5, 0.6) is 5.75 Å². The number of fused-ring (bicyclic) bond motifs is 5. The number of hydrogen-bond donors (Lipinski definition) is 2. The molecular formula is C41H62F5NO6S. The Morgan fingerprint density at radius 3 is 2.20 bits per heavy atom. The number of unbranched alkanes of at least 4 members (excludes halogenated alkanes) is 6. The van der Waals surface area contributed by atoms with Gasteiger partial charge in [0, 0.05) is 6.42 Å². The third-order valence-electron chi connectivity index (χ3n) is 12.1. The molecule has 0 spiro atoms. The van der Waals surface area contributed by atoms with Crippen LogP contribution in [0.3, 0.4) is 0 Å². The number of aliphatic hydroxyl groups excluding tert-OH is 1. The summed E-state index contributed by atoms with van der Waals surface area (Å²) in [5, 5.41) is 13.7. The lowest BCUT2D eigenvalue weighted by Gasteiger charge is -2.53. The maximum Gasteiger partial charge on any atom is 0.453 e. The van der Waals surface area contributed by atoms with Gasteiger partial charge in [0.15, 0.2) is 0 Å². The number of rotatable bonds is 17. The predicted octanol–water partition coefficient (Wildman–Crippen LogP) is 10.2. The van der Waals surface area contributed by atoms with Gasteiger partial charge in [-0.3, -0.25) is 0 Å². The van der Waals surface area contributed by atoms with Crippen LogP contribution < -0.4 is 10.1 Å². The molecule has 3 aliphatic carbocycles. The first kappa shape index (κ1) is 44.6. The van der Waals surface area contributed by atoms with E-state index < -0.39 is 59.3 Å². The fraction of sp³-hybridized carbons (Fsp3) is 0.805. The van der Waals surface area contributed by atoms with Crippen molar-refractivity contribution in [2.75, 3.05) is 11.5 Å². The van der Waals surface area contributed by atoms with Crippen molar-refractivity contribution in [3.63, 3.8) is 0 Å². The third-order valence-corrected chi connectivity index (χ3v) is 13.6. The van der Waals surface area contributed by atoms with E-state index in [9.17, 15) is 41.2 Å². The highest BCUT2D eigenvalue weighted by atomic mass is 32.2. The molecule has 1 aromatic carbocycles. The fourth-order valence-electron chi connectivity index (χ4n) is 9.18. The van der Waals surface area contributed by atoms with Crippen molar-refractivity contribution >= 4 is 23.2 Å². The van der Waals surface area contributed by atoms with Crippen LogP contribution in [-0.2, 0) is 27.1 Å². The number of benzene rings is 1. The van der Waals surface area contributed by atoms with Gasteiger partial charge in [0.2, 0.25) is 0 Å². The third kappa shape index (κ3) is 11.5. The molecule has 3 aliphatic rings. The SMILES string of the molecule is CC(C)(C)OC(=O)NC(C)(C)C(=O)Oc1ccc2c(c1)CC(CCCCCCCCC[S+]([O-])CCCC(F)(F)C(F)(F)F)C1C2CCC2(C)C(O)CCC12. The number of amides is 1. The van der Waals surface area contributed by atoms with Crippen LogP contribution in [0.25, 0.3) is 0 Å². The first-order valence-electron chi connectivity index (χ1n) is 19.9. The van der Waals surface area contributed by atoms with Crippen LogP contribution in [-0.4, -0.2) is 62.6 Å². The van der Waals surface area contributed by atoms with Gasteiger partial charge >= 0.3 is 24.2 Å². The number of esters is 1. The molecule has 0 aromatic heterocycles. The van der Waals surface area contributed by atoms with Gasteiger partial charge < -0.3 is 24.4 Å². The summed E-state index contributed by atoms with van der Waals surface area (Å²) in [7, 11) is 0. The predicted molar refractivity (Wildman–Crippen MR) is 200 cm³/mol. The van der Waals surface area contributed by atoms with Crippen LogP contribution in [0.4, 0.5) is 26.7 Å². The fourth-order valence-corrected chi connectivity index (χ4v) is 10.4. The van der Waals surface area contributed by atoms with Crippen LogP contribution in [0.1, 0.15) is 148 Å². The zero-order chi connectivity index (χ0) is 40.1. The lowest BCUT2D eigenvalue weighted by Crippen LogP contribution is -2.52. The Labute approximate surface area is 321 Å². The number of aliphatic hydroxyl groups is 1. The van der Waals surface area contributed by atoms with Crippen molar-refractivity contribution in [3.05, 3.63) is 29.3 Å². The van der Waals surface area contributed by atoms with Crippen molar-refractivity contribution in [2.45, 2.75) is 173 Å². The van der Waals surface area contributed by atoms with Gasteiger partial charge in [0.25, 0.3) is 0 Å². The standard InChI is InChI=1S/C41H62F5NO6S/c1-37(2,3)53-36(50)47-38(4,5)35(49)52-29-16-17-30-28(26-29)25-27(34-31(30)20-22-39(6)32(34)18-19-33(39)48)15-12-10-8-7-9-11-13-23-54(51)24-14-21-40(42,43)41(44,45)46/h16-17,26-27,31-34,48H,7-15,18-25H2,1-6H3,(H,47,50). The summed E-state index contributed by atoms with van der Waals surface area (Å²) in [6, 6.07) is 5.95. The van der Waals surface area contributed by atoms with Gasteiger partial charge in [-0.1, -0.05) is 56.3 Å². The summed E-state index contributed by atoms with van der Waals surface area (Å²) in [5.74, 6) is -2.98. The van der Waals surface area contributed by atoms with E-state index in [2.05, 4.69) is 18.3 Å². The summed E-state index contributed by atoms with van der Waals surface area (Å²) < 4.78 is 86.4. The molecule has 0 saturated heterocycles. The van der Waals surface area contributed by atoms with Crippen LogP contribution >= 0.6 is 0 Å². The Hall–Kier alpha value is -2.12. The molecule has 0 bridgehead atoms. The Bertz CT molecular complexity index is 1420. The maximum atomic E-state index is 13.2. The molecular weight excluding hydrogens is 730 g/mol. The van der Waals surface area contributed by atoms with Crippen molar-refractivity contribution in [1.82, 2.24) is 5.32 Å². The Kier molecular flexibility index (Phi) is 14.9. The van der Waals surface area contributed by atoms with Gasteiger partial charge in [-0.2, -0.15) is 22.0 Å². The largest absolute Gasteiger partial charge is 0.616 e. The highest BCUT2D eigenvalue weighted by Gasteiger charge is 2.57. The van der Waals surface area contributed by atoms with E-state index in [1.807, 2.05) is 12.1 Å². The summed E-state index contributed by atoms with van der Waals surface area (Å²) in [5.41, 5.74) is 0.409. The second-order valence-corrected chi connectivity index (χ2v) is 19.5. The minimum absolute atomic E-state index is 0.0725. The number of carbonyl (C=O) groups is 2. The number of hydrogen-bond acceptors (Lipinski definition) is 6. The summed E-state index contributed by atoms with van der Waals surface area (Å²) in [6.45, 7) is 10.7. The average Bonchev–Trinajstić information content (AvgIpc) is 3.35. The molecule has 4 rings (SSSR count). The lowest BCUT2D eigenvalue weighted by atomic mass is 9.52. The minimum Gasteiger partial charge on any atom is -0.616 e. The molecule has 0 heterocycles. The van der Waals surface area contributed by atoms with Crippen LogP contribution in [0.15, 0.2) is 18.2 Å². The van der Waals surface area contributed by atoms with Crippen molar-refractivity contribution < 1.29 is 50.7 Å². The van der Waals surface area contributed by atoms with Gasteiger partial charge in [-0.05, 0) is 145 Å². The van der Waals surface area contributed by atoms with Crippen LogP contribution in [0, 0.1) is 23.2 Å². The summed E-state index contributed by atoms with van der Waals surface area (Å²) in [6.07, 6.45) is 4.18. The van der Waals surface area contributed by atoms with E-state index in [4.69, 9.17) is 9.47 Å². The van der Waals surface area contributed by atoms with Gasteiger partial charge in [0.05, 0.1) is 6.10 Å². The second-order valence-electron chi connectivity index (χ2n) is 17.8. The van der Waals surface area contributed by atoms with E-state index in [1.54, 1.807) is 34.6 Å². The topological polar surface area (TPSA) is 108 Å². The normalized spacial score (nSPS) is 26.4. The van der Waals surface area contributed by atoms with E-state index in [1.165, 1.54) is 11.1 Å². The van der Waals surface area contributed by atoms with Gasteiger partial charge in [0.1, 0.15) is 28.4 Å². The Balaban J connectivity index is 1.28. The molecule has 7 nitrogen and oxygen atoms in total. The first-order valence-corrected chi connectivity index (χ1v) is 21.4. The monoisotopic (exact) mass is 791 g/mol.